The van der Waals surface area contributed by atoms with Crippen LogP contribution in [0.5, 0.6) is 0 Å². The van der Waals surface area contributed by atoms with Crippen LogP contribution in [0.3, 0.4) is 0 Å². The first kappa shape index (κ1) is 26.2. The van der Waals surface area contributed by atoms with Crippen molar-refractivity contribution in [3.63, 3.8) is 0 Å². The minimum atomic E-state index is -0.906. The van der Waals surface area contributed by atoms with E-state index in [2.05, 4.69) is 34.9 Å². The SMILES string of the molecule is CC(CCNC(=O)OCC1c2ccccc2-c2ccccc21)CCC(=O)NCCOCCC(=O)O. The average molecular weight is 483 g/mol. The molecule has 1 aliphatic rings. The van der Waals surface area contributed by atoms with Crippen molar-refractivity contribution < 1.29 is 29.0 Å². The monoisotopic (exact) mass is 482 g/mol. The van der Waals surface area contributed by atoms with Crippen molar-refractivity contribution in [1.29, 1.82) is 0 Å². The molecule has 0 aliphatic heterocycles. The number of aliphatic carboxylic acids is 1. The van der Waals surface area contributed by atoms with Crippen molar-refractivity contribution in [3.05, 3.63) is 59.7 Å². The second-order valence-electron chi connectivity index (χ2n) is 8.79. The van der Waals surface area contributed by atoms with E-state index in [9.17, 15) is 14.4 Å². The molecule has 1 aliphatic carbocycles. The maximum atomic E-state index is 12.3. The zero-order chi connectivity index (χ0) is 25.0. The number of carboxylic acid groups (broad SMARTS) is 1. The Labute approximate surface area is 206 Å². The molecule has 0 heterocycles. The van der Waals surface area contributed by atoms with Gasteiger partial charge in [-0.2, -0.15) is 0 Å². The molecule has 0 fully saturated rings. The van der Waals surface area contributed by atoms with Crippen molar-refractivity contribution in [1.82, 2.24) is 10.6 Å². The van der Waals surface area contributed by atoms with Gasteiger partial charge < -0.3 is 25.2 Å². The van der Waals surface area contributed by atoms with Crippen molar-refractivity contribution in [2.24, 2.45) is 5.92 Å². The van der Waals surface area contributed by atoms with Crippen LogP contribution in [0.2, 0.25) is 0 Å². The number of benzene rings is 2. The van der Waals surface area contributed by atoms with Crippen molar-refractivity contribution in [2.75, 3.05) is 32.9 Å². The summed E-state index contributed by atoms with van der Waals surface area (Å²) in [7, 11) is 0. The Morgan fingerprint density at radius 1 is 0.886 bits per heavy atom. The molecule has 35 heavy (non-hydrogen) atoms. The molecule has 0 spiro atoms. The first-order valence-electron chi connectivity index (χ1n) is 12.1. The van der Waals surface area contributed by atoms with Crippen molar-refractivity contribution in [3.8, 4) is 11.1 Å². The molecular formula is C27H34N2O6. The molecule has 1 unspecified atom stereocenters. The fourth-order valence-electron chi connectivity index (χ4n) is 4.20. The van der Waals surface area contributed by atoms with Crippen LogP contribution in [0, 0.1) is 5.92 Å². The maximum absolute atomic E-state index is 12.3. The molecular weight excluding hydrogens is 448 g/mol. The summed E-state index contributed by atoms with van der Waals surface area (Å²) >= 11 is 0. The van der Waals surface area contributed by atoms with E-state index in [4.69, 9.17) is 14.6 Å². The summed E-state index contributed by atoms with van der Waals surface area (Å²) in [6, 6.07) is 16.5. The molecule has 8 nitrogen and oxygen atoms in total. The number of hydrogen-bond acceptors (Lipinski definition) is 5. The van der Waals surface area contributed by atoms with Gasteiger partial charge in [0.05, 0.1) is 19.6 Å². The van der Waals surface area contributed by atoms with E-state index in [1.54, 1.807) is 0 Å². The van der Waals surface area contributed by atoms with Gasteiger partial charge in [0.2, 0.25) is 5.91 Å². The van der Waals surface area contributed by atoms with Crippen LogP contribution in [-0.2, 0) is 19.1 Å². The summed E-state index contributed by atoms with van der Waals surface area (Å²) in [5.74, 6) is -0.672. The van der Waals surface area contributed by atoms with Crippen molar-refractivity contribution >= 4 is 18.0 Å². The number of amides is 2. The van der Waals surface area contributed by atoms with Gasteiger partial charge in [-0.15, -0.1) is 0 Å². The molecule has 188 valence electrons. The van der Waals surface area contributed by atoms with Gasteiger partial charge in [0.1, 0.15) is 6.61 Å². The fourth-order valence-corrected chi connectivity index (χ4v) is 4.20. The Morgan fingerprint density at radius 3 is 2.20 bits per heavy atom. The molecule has 0 saturated carbocycles. The molecule has 0 bridgehead atoms. The van der Waals surface area contributed by atoms with E-state index in [-0.39, 0.29) is 37.4 Å². The van der Waals surface area contributed by atoms with Gasteiger partial charge in [-0.05, 0) is 41.0 Å². The van der Waals surface area contributed by atoms with E-state index in [1.165, 1.54) is 22.3 Å². The van der Waals surface area contributed by atoms with E-state index < -0.39 is 12.1 Å². The third-order valence-electron chi connectivity index (χ3n) is 6.14. The Bertz CT molecular complexity index is 963. The lowest BCUT2D eigenvalue weighted by Gasteiger charge is -2.15. The highest BCUT2D eigenvalue weighted by Crippen LogP contribution is 2.44. The predicted octanol–water partition coefficient (Wildman–Crippen LogP) is 3.94. The van der Waals surface area contributed by atoms with Gasteiger partial charge in [-0.3, -0.25) is 9.59 Å². The van der Waals surface area contributed by atoms with Crippen LogP contribution in [-0.4, -0.2) is 56.0 Å². The largest absolute Gasteiger partial charge is 0.481 e. The number of fused-ring (bicyclic) bond motifs is 3. The second kappa shape index (κ2) is 13.5. The fraction of sp³-hybridized carbons (Fsp3) is 0.444. The summed E-state index contributed by atoms with van der Waals surface area (Å²) in [4.78, 5) is 34.6. The van der Waals surface area contributed by atoms with Crippen LogP contribution >= 0.6 is 0 Å². The topological polar surface area (TPSA) is 114 Å². The molecule has 2 aromatic carbocycles. The molecule has 2 amide bonds. The number of carbonyl (C=O) groups excluding carboxylic acids is 2. The van der Waals surface area contributed by atoms with E-state index in [0.717, 1.165) is 6.42 Å². The highest BCUT2D eigenvalue weighted by molar-refractivity contribution is 5.79. The van der Waals surface area contributed by atoms with Crippen LogP contribution in [0.4, 0.5) is 4.79 Å². The van der Waals surface area contributed by atoms with Gasteiger partial charge >= 0.3 is 12.1 Å². The summed E-state index contributed by atoms with van der Waals surface area (Å²) in [6.07, 6.45) is 1.37. The third kappa shape index (κ3) is 8.10. The Morgan fingerprint density at radius 2 is 1.54 bits per heavy atom. The van der Waals surface area contributed by atoms with Crippen LogP contribution < -0.4 is 10.6 Å². The first-order valence-corrected chi connectivity index (χ1v) is 12.1. The number of nitrogens with one attached hydrogen (secondary N) is 2. The Hall–Kier alpha value is -3.39. The van der Waals surface area contributed by atoms with E-state index in [1.807, 2.05) is 31.2 Å². The average Bonchev–Trinajstić information content (AvgIpc) is 3.17. The van der Waals surface area contributed by atoms with Crippen LogP contribution in [0.1, 0.15) is 49.7 Å². The number of hydrogen-bond donors (Lipinski definition) is 3. The van der Waals surface area contributed by atoms with Gasteiger partial charge in [0, 0.05) is 25.4 Å². The molecule has 0 radical (unpaired) electrons. The molecule has 2 aromatic rings. The van der Waals surface area contributed by atoms with Gasteiger partial charge in [-0.1, -0.05) is 55.5 Å². The van der Waals surface area contributed by atoms with Crippen molar-refractivity contribution in [2.45, 2.75) is 38.5 Å². The third-order valence-corrected chi connectivity index (χ3v) is 6.14. The maximum Gasteiger partial charge on any atom is 0.407 e. The summed E-state index contributed by atoms with van der Waals surface area (Å²) in [5, 5.41) is 14.1. The minimum absolute atomic E-state index is 0.0353. The normalized spacial score (nSPS) is 12.9. The molecule has 3 rings (SSSR count). The van der Waals surface area contributed by atoms with E-state index >= 15 is 0 Å². The minimum Gasteiger partial charge on any atom is -0.481 e. The summed E-state index contributed by atoms with van der Waals surface area (Å²) < 4.78 is 10.7. The molecule has 1 atom stereocenters. The molecule has 0 aromatic heterocycles. The molecule has 3 N–H and O–H groups in total. The number of alkyl carbamates (subject to hydrolysis) is 1. The lowest BCUT2D eigenvalue weighted by Crippen LogP contribution is -2.29. The molecule has 8 heteroatoms. The van der Waals surface area contributed by atoms with Crippen LogP contribution in [0.25, 0.3) is 11.1 Å². The zero-order valence-corrected chi connectivity index (χ0v) is 20.1. The predicted molar refractivity (Wildman–Crippen MR) is 132 cm³/mol. The standard InChI is InChI=1S/C27H34N2O6/c1-19(10-11-25(30)28-15-17-34-16-13-26(31)32)12-14-29-27(33)35-18-24-22-8-4-2-6-20(22)21-7-3-5-9-23(21)24/h2-9,19,24H,10-18H2,1H3,(H,28,30)(H,29,33)(H,31,32). The number of ether oxygens (including phenoxy) is 2. The second-order valence-corrected chi connectivity index (χ2v) is 8.79. The zero-order valence-electron chi connectivity index (χ0n) is 20.1. The highest BCUT2D eigenvalue weighted by atomic mass is 16.5. The number of carbonyl (C=O) groups is 3. The Kier molecular flexibility index (Phi) is 10.1. The van der Waals surface area contributed by atoms with E-state index in [0.29, 0.717) is 32.5 Å². The van der Waals surface area contributed by atoms with Gasteiger partial charge in [-0.25, -0.2) is 4.79 Å². The summed E-state index contributed by atoms with van der Waals surface area (Å²) in [5.41, 5.74) is 4.75. The quantitative estimate of drug-likeness (QED) is 0.352. The van der Waals surface area contributed by atoms with Crippen LogP contribution in [0.15, 0.2) is 48.5 Å². The lowest BCUT2D eigenvalue weighted by atomic mass is 9.98. The Balaban J connectivity index is 1.28. The number of rotatable bonds is 14. The van der Waals surface area contributed by atoms with Gasteiger partial charge in [0.25, 0.3) is 0 Å². The number of carboxylic acids is 1. The highest BCUT2D eigenvalue weighted by Gasteiger charge is 2.28. The first-order chi connectivity index (χ1) is 17.0. The molecule has 0 saturated heterocycles. The summed E-state index contributed by atoms with van der Waals surface area (Å²) in [6.45, 7) is 3.60. The smallest absolute Gasteiger partial charge is 0.407 e. The lowest BCUT2D eigenvalue weighted by molar-refractivity contribution is -0.138. The van der Waals surface area contributed by atoms with Gasteiger partial charge in [0.15, 0.2) is 0 Å².